The molecule has 5 nitrogen and oxygen atoms in total. The number of nitrogens with two attached hydrogens (primary N) is 1. The van der Waals surface area contributed by atoms with Crippen molar-refractivity contribution in [2.24, 2.45) is 0 Å². The first-order chi connectivity index (χ1) is 9.35. The summed E-state index contributed by atoms with van der Waals surface area (Å²) in [6, 6.07) is 5.17. The van der Waals surface area contributed by atoms with Gasteiger partial charge in [0, 0.05) is 11.3 Å². The highest BCUT2D eigenvalue weighted by Gasteiger charge is 2.27. The molecule has 0 fully saturated rings. The number of ether oxygens (including phenoxy) is 1. The summed E-state index contributed by atoms with van der Waals surface area (Å²) in [6.45, 7) is 0.108. The van der Waals surface area contributed by atoms with Crippen LogP contribution in [0.25, 0.3) is 11.5 Å². The molecule has 0 aliphatic carbocycles. The fourth-order valence-corrected chi connectivity index (χ4v) is 1.55. The van der Waals surface area contributed by atoms with Crippen molar-refractivity contribution in [3.05, 3.63) is 29.6 Å². The number of hydrogen-bond donors (Lipinski definition) is 1. The fourth-order valence-electron chi connectivity index (χ4n) is 1.55. The molecule has 0 unspecified atom stereocenters. The lowest BCUT2D eigenvalue weighted by Gasteiger charge is -2.04. The summed E-state index contributed by atoms with van der Waals surface area (Å²) in [5, 5.41) is 3.56. The predicted octanol–water partition coefficient (Wildman–Crippen LogP) is 2.71. The number of anilines is 1. The van der Waals surface area contributed by atoms with Gasteiger partial charge in [-0.15, -0.1) is 0 Å². The molecule has 0 amide bonds. The molecule has 108 valence electrons. The molecular weight excluding hydrogens is 275 g/mol. The van der Waals surface area contributed by atoms with E-state index < -0.39 is 12.8 Å². The van der Waals surface area contributed by atoms with Crippen LogP contribution in [0, 0.1) is 6.92 Å². The first-order valence-electron chi connectivity index (χ1n) is 5.69. The fraction of sp³-hybridized carbons (Fsp3) is 0.333. The Labute approximate surface area is 112 Å². The van der Waals surface area contributed by atoms with E-state index in [1.54, 1.807) is 18.2 Å². The summed E-state index contributed by atoms with van der Waals surface area (Å²) in [6.07, 6.45) is -4.38. The first kappa shape index (κ1) is 14.3. The maximum atomic E-state index is 11.9. The number of aryl methyl sites for hydroxylation is 1. The van der Waals surface area contributed by atoms with Gasteiger partial charge in [-0.1, -0.05) is 11.2 Å². The lowest BCUT2D eigenvalue weighted by molar-refractivity contribution is -0.177. The van der Waals surface area contributed by atoms with Crippen molar-refractivity contribution >= 4 is 5.69 Å². The number of hydrogen-bond acceptors (Lipinski definition) is 5. The van der Waals surface area contributed by atoms with Crippen molar-refractivity contribution in [2.45, 2.75) is 19.7 Å². The second-order valence-corrected chi connectivity index (χ2v) is 4.20. The van der Waals surface area contributed by atoms with Crippen LogP contribution in [0.5, 0.6) is 0 Å². The summed E-state index contributed by atoms with van der Waals surface area (Å²) in [5.41, 5.74) is 7.69. The Hall–Kier alpha value is -2.09. The maximum absolute atomic E-state index is 11.9. The third-order valence-electron chi connectivity index (χ3n) is 2.46. The van der Waals surface area contributed by atoms with E-state index in [0.717, 1.165) is 5.56 Å². The monoisotopic (exact) mass is 287 g/mol. The van der Waals surface area contributed by atoms with Crippen LogP contribution in [0.2, 0.25) is 0 Å². The van der Waals surface area contributed by atoms with E-state index >= 15 is 0 Å². The van der Waals surface area contributed by atoms with E-state index in [0.29, 0.717) is 11.3 Å². The standard InChI is InChI=1S/C12H12F3N3O2/c1-7-2-3-8(16)4-9(7)11-17-10(18-20-11)5-19-6-12(13,14)15/h2-4H,5-6,16H2,1H3. The Morgan fingerprint density at radius 2 is 2.10 bits per heavy atom. The first-order valence-corrected chi connectivity index (χ1v) is 5.69. The van der Waals surface area contributed by atoms with Crippen LogP contribution in [-0.2, 0) is 11.3 Å². The summed E-state index contributed by atoms with van der Waals surface area (Å²) < 4.78 is 45.2. The summed E-state index contributed by atoms with van der Waals surface area (Å²) in [7, 11) is 0. The highest BCUT2D eigenvalue weighted by Crippen LogP contribution is 2.24. The van der Waals surface area contributed by atoms with Gasteiger partial charge in [0.15, 0.2) is 5.82 Å². The smallest absolute Gasteiger partial charge is 0.399 e. The van der Waals surface area contributed by atoms with E-state index in [-0.39, 0.29) is 18.3 Å². The molecule has 0 aliphatic heterocycles. The second kappa shape index (κ2) is 5.49. The van der Waals surface area contributed by atoms with Gasteiger partial charge >= 0.3 is 6.18 Å². The van der Waals surface area contributed by atoms with E-state index in [9.17, 15) is 13.2 Å². The lowest BCUT2D eigenvalue weighted by atomic mass is 10.1. The Morgan fingerprint density at radius 1 is 1.35 bits per heavy atom. The molecule has 1 aromatic carbocycles. The quantitative estimate of drug-likeness (QED) is 0.875. The van der Waals surface area contributed by atoms with Crippen LogP contribution in [0.15, 0.2) is 22.7 Å². The Kier molecular flexibility index (Phi) is 3.93. The zero-order valence-electron chi connectivity index (χ0n) is 10.6. The second-order valence-electron chi connectivity index (χ2n) is 4.20. The van der Waals surface area contributed by atoms with Crippen molar-refractivity contribution in [2.75, 3.05) is 12.3 Å². The van der Waals surface area contributed by atoms with Gasteiger partial charge < -0.3 is 15.0 Å². The molecule has 1 heterocycles. The van der Waals surface area contributed by atoms with Gasteiger partial charge in [-0.25, -0.2) is 0 Å². The Balaban J connectivity index is 2.07. The van der Waals surface area contributed by atoms with E-state index in [2.05, 4.69) is 14.9 Å². The van der Waals surface area contributed by atoms with Gasteiger partial charge in [0.2, 0.25) is 0 Å². The Bertz CT molecular complexity index is 596. The van der Waals surface area contributed by atoms with E-state index in [4.69, 9.17) is 10.3 Å². The summed E-state index contributed by atoms with van der Waals surface area (Å²) in [4.78, 5) is 3.98. The van der Waals surface area contributed by atoms with Crippen molar-refractivity contribution in [1.82, 2.24) is 10.1 Å². The van der Waals surface area contributed by atoms with Crippen molar-refractivity contribution in [3.63, 3.8) is 0 Å². The molecule has 0 bridgehead atoms. The van der Waals surface area contributed by atoms with Gasteiger partial charge in [-0.2, -0.15) is 18.2 Å². The number of alkyl halides is 3. The van der Waals surface area contributed by atoms with Crippen molar-refractivity contribution in [1.29, 1.82) is 0 Å². The van der Waals surface area contributed by atoms with Gasteiger partial charge in [0.1, 0.15) is 13.2 Å². The van der Waals surface area contributed by atoms with Crippen LogP contribution in [0.1, 0.15) is 11.4 Å². The molecule has 2 rings (SSSR count). The molecule has 2 aromatic rings. The number of rotatable bonds is 4. The molecule has 0 saturated heterocycles. The number of halogens is 3. The number of nitrogens with zero attached hydrogens (tertiary/aromatic N) is 2. The molecule has 0 spiro atoms. The van der Waals surface area contributed by atoms with Crippen LogP contribution in [0.3, 0.4) is 0 Å². The number of nitrogen functional groups attached to an aromatic ring is 1. The van der Waals surface area contributed by atoms with Crippen molar-refractivity contribution in [3.8, 4) is 11.5 Å². The average molecular weight is 287 g/mol. The molecular formula is C12H12F3N3O2. The maximum Gasteiger partial charge on any atom is 0.411 e. The molecule has 20 heavy (non-hydrogen) atoms. The number of aromatic nitrogens is 2. The van der Waals surface area contributed by atoms with Gasteiger partial charge in [0.25, 0.3) is 5.89 Å². The van der Waals surface area contributed by atoms with Crippen LogP contribution < -0.4 is 5.73 Å². The number of benzene rings is 1. The van der Waals surface area contributed by atoms with E-state index in [1.807, 2.05) is 6.92 Å². The molecule has 0 saturated carbocycles. The van der Waals surface area contributed by atoms with E-state index in [1.165, 1.54) is 0 Å². The summed E-state index contributed by atoms with van der Waals surface area (Å²) >= 11 is 0. The van der Waals surface area contributed by atoms with Crippen LogP contribution in [-0.4, -0.2) is 22.9 Å². The third kappa shape index (κ3) is 3.70. The molecule has 0 radical (unpaired) electrons. The Morgan fingerprint density at radius 3 is 2.80 bits per heavy atom. The van der Waals surface area contributed by atoms with Gasteiger partial charge in [0.05, 0.1) is 0 Å². The largest absolute Gasteiger partial charge is 0.411 e. The van der Waals surface area contributed by atoms with Crippen LogP contribution in [0.4, 0.5) is 18.9 Å². The lowest BCUT2D eigenvalue weighted by Crippen LogP contribution is -2.16. The normalized spacial score (nSPS) is 11.8. The highest BCUT2D eigenvalue weighted by atomic mass is 19.4. The SMILES string of the molecule is Cc1ccc(N)cc1-c1nc(COCC(F)(F)F)no1. The summed E-state index contributed by atoms with van der Waals surface area (Å²) in [5.74, 6) is 0.242. The molecule has 0 atom stereocenters. The predicted molar refractivity (Wildman–Crippen MR) is 64.6 cm³/mol. The van der Waals surface area contributed by atoms with Crippen LogP contribution >= 0.6 is 0 Å². The van der Waals surface area contributed by atoms with Gasteiger partial charge in [-0.3, -0.25) is 0 Å². The minimum absolute atomic E-state index is 0.0473. The molecule has 2 N–H and O–H groups in total. The molecule has 0 aliphatic rings. The zero-order chi connectivity index (χ0) is 14.8. The third-order valence-corrected chi connectivity index (χ3v) is 2.46. The topological polar surface area (TPSA) is 74.2 Å². The minimum atomic E-state index is -4.38. The highest BCUT2D eigenvalue weighted by molar-refractivity contribution is 5.63. The molecule has 8 heteroatoms. The molecule has 1 aromatic heterocycles. The van der Waals surface area contributed by atoms with Gasteiger partial charge in [-0.05, 0) is 24.6 Å². The minimum Gasteiger partial charge on any atom is -0.399 e. The average Bonchev–Trinajstić information content (AvgIpc) is 2.79. The zero-order valence-corrected chi connectivity index (χ0v) is 10.6. The van der Waals surface area contributed by atoms with Crippen molar-refractivity contribution < 1.29 is 22.4 Å².